The summed E-state index contributed by atoms with van der Waals surface area (Å²) in [5, 5.41) is 5.95. The van der Waals surface area contributed by atoms with E-state index in [2.05, 4.69) is 15.6 Å². The topological polar surface area (TPSA) is 36.4 Å². The maximum atomic E-state index is 13.5. The Morgan fingerprint density at radius 1 is 0.913 bits per heavy atom. The molecule has 2 N–H and O–H groups in total. The third-order valence-corrected chi connectivity index (χ3v) is 3.35. The monoisotopic (exact) mass is 321 g/mol. The molecule has 0 aliphatic heterocycles. The predicted octanol–water partition coefficient (Wildman–Crippen LogP) is 3.01. The Labute approximate surface area is 133 Å². The number of halogens is 3. The molecular weight excluding hydrogens is 303 g/mol. The van der Waals surface area contributed by atoms with Gasteiger partial charge in [0.15, 0.2) is 17.6 Å². The molecule has 2 aromatic carbocycles. The number of nitrogens with one attached hydrogen (secondary N) is 2. The van der Waals surface area contributed by atoms with Gasteiger partial charge in [-0.05, 0) is 24.1 Å². The smallest absolute Gasteiger partial charge is 0.191 e. The third kappa shape index (κ3) is 4.74. The fraction of sp³-hybridized carbons (Fsp3) is 0.235. The first-order valence-corrected chi connectivity index (χ1v) is 7.22. The highest BCUT2D eigenvalue weighted by Gasteiger charge is 2.07. The van der Waals surface area contributed by atoms with Crippen LogP contribution in [0, 0.1) is 17.5 Å². The lowest BCUT2D eigenvalue weighted by atomic mass is 10.1. The van der Waals surface area contributed by atoms with Crippen molar-refractivity contribution in [3.8, 4) is 0 Å². The molecule has 23 heavy (non-hydrogen) atoms. The van der Waals surface area contributed by atoms with Crippen LogP contribution in [0.25, 0.3) is 0 Å². The fourth-order valence-corrected chi connectivity index (χ4v) is 2.10. The maximum absolute atomic E-state index is 13.5. The molecule has 0 aromatic heterocycles. The van der Waals surface area contributed by atoms with Crippen LogP contribution in [0.3, 0.4) is 0 Å². The van der Waals surface area contributed by atoms with Gasteiger partial charge >= 0.3 is 0 Å². The van der Waals surface area contributed by atoms with Gasteiger partial charge in [-0.3, -0.25) is 4.99 Å². The lowest BCUT2D eigenvalue weighted by Gasteiger charge is -2.12. The molecule has 0 bridgehead atoms. The zero-order valence-corrected chi connectivity index (χ0v) is 12.7. The highest BCUT2D eigenvalue weighted by atomic mass is 19.2. The second-order valence-electron chi connectivity index (χ2n) is 4.91. The molecule has 6 heteroatoms. The lowest BCUT2D eigenvalue weighted by molar-refractivity contribution is 0.498. The number of hydrogen-bond acceptors (Lipinski definition) is 1. The Bertz CT molecular complexity index is 687. The summed E-state index contributed by atoms with van der Waals surface area (Å²) in [7, 11) is 1.58. The van der Waals surface area contributed by atoms with E-state index in [-0.39, 0.29) is 12.4 Å². The van der Waals surface area contributed by atoms with E-state index < -0.39 is 11.6 Å². The predicted molar refractivity (Wildman–Crippen MR) is 84.7 cm³/mol. The zero-order chi connectivity index (χ0) is 16.7. The van der Waals surface area contributed by atoms with Crippen LogP contribution < -0.4 is 10.6 Å². The molecule has 0 heterocycles. The standard InChI is InChI=1S/C17H18F3N3/c1-21-17(23-11-13-5-2-3-7-14(13)18)22-10-9-12-6-4-8-15(19)16(12)20/h2-8H,9-11H2,1H3,(H2,21,22,23). The Kier molecular flexibility index (Phi) is 6.02. The van der Waals surface area contributed by atoms with Crippen molar-refractivity contribution in [2.24, 2.45) is 4.99 Å². The van der Waals surface area contributed by atoms with Crippen molar-refractivity contribution in [1.82, 2.24) is 10.6 Å². The molecule has 0 fully saturated rings. The largest absolute Gasteiger partial charge is 0.356 e. The van der Waals surface area contributed by atoms with E-state index in [4.69, 9.17) is 0 Å². The van der Waals surface area contributed by atoms with Gasteiger partial charge in [-0.2, -0.15) is 0 Å². The summed E-state index contributed by atoms with van der Waals surface area (Å²) in [5.74, 6) is -1.52. The molecule has 122 valence electrons. The van der Waals surface area contributed by atoms with Gasteiger partial charge in [0.1, 0.15) is 5.82 Å². The van der Waals surface area contributed by atoms with E-state index >= 15 is 0 Å². The van der Waals surface area contributed by atoms with Crippen molar-refractivity contribution in [3.05, 3.63) is 71.0 Å². The molecule has 0 aliphatic carbocycles. The van der Waals surface area contributed by atoms with Crippen LogP contribution >= 0.6 is 0 Å². The molecule has 2 aromatic rings. The first kappa shape index (κ1) is 16.9. The van der Waals surface area contributed by atoms with Crippen LogP contribution in [0.5, 0.6) is 0 Å². The van der Waals surface area contributed by atoms with E-state index in [0.717, 1.165) is 6.07 Å². The van der Waals surface area contributed by atoms with Crippen LogP contribution in [-0.2, 0) is 13.0 Å². The van der Waals surface area contributed by atoms with Gasteiger partial charge in [0.05, 0.1) is 0 Å². The molecule has 2 rings (SSSR count). The summed E-state index contributed by atoms with van der Waals surface area (Å²) in [6.07, 6.45) is 0.310. The van der Waals surface area contributed by atoms with Gasteiger partial charge in [-0.15, -0.1) is 0 Å². The van der Waals surface area contributed by atoms with Gasteiger partial charge in [-0.25, -0.2) is 13.2 Å². The van der Waals surface area contributed by atoms with Gasteiger partial charge in [0, 0.05) is 25.7 Å². The van der Waals surface area contributed by atoms with Gasteiger partial charge in [-0.1, -0.05) is 30.3 Å². The summed E-state index contributed by atoms with van der Waals surface area (Å²) in [6.45, 7) is 0.651. The zero-order valence-electron chi connectivity index (χ0n) is 12.7. The SMILES string of the molecule is CN=C(NCCc1cccc(F)c1F)NCc1ccccc1F. The number of rotatable bonds is 5. The number of hydrogen-bond donors (Lipinski definition) is 2. The summed E-state index contributed by atoms with van der Waals surface area (Å²) in [5.41, 5.74) is 0.814. The Morgan fingerprint density at radius 2 is 1.61 bits per heavy atom. The molecule has 0 aliphatic rings. The van der Waals surface area contributed by atoms with Gasteiger partial charge in [0.2, 0.25) is 0 Å². The minimum Gasteiger partial charge on any atom is -0.356 e. The summed E-state index contributed by atoms with van der Waals surface area (Å²) in [4.78, 5) is 4.01. The van der Waals surface area contributed by atoms with E-state index in [9.17, 15) is 13.2 Å². The van der Waals surface area contributed by atoms with Crippen LogP contribution in [0.4, 0.5) is 13.2 Å². The average molecular weight is 321 g/mol. The van der Waals surface area contributed by atoms with E-state index in [1.54, 1.807) is 25.2 Å². The van der Waals surface area contributed by atoms with Crippen LogP contribution in [0.15, 0.2) is 47.5 Å². The first-order valence-electron chi connectivity index (χ1n) is 7.22. The second-order valence-corrected chi connectivity index (χ2v) is 4.91. The average Bonchev–Trinajstić information content (AvgIpc) is 2.56. The quantitative estimate of drug-likeness (QED) is 0.656. The summed E-state index contributed by atoms with van der Waals surface area (Å²) in [6, 6.07) is 10.5. The van der Waals surface area contributed by atoms with Gasteiger partial charge in [0.25, 0.3) is 0 Å². The molecule has 3 nitrogen and oxygen atoms in total. The van der Waals surface area contributed by atoms with Gasteiger partial charge < -0.3 is 10.6 Å². The maximum Gasteiger partial charge on any atom is 0.191 e. The first-order chi connectivity index (χ1) is 11.1. The van der Waals surface area contributed by atoms with Crippen molar-refractivity contribution < 1.29 is 13.2 Å². The number of nitrogens with zero attached hydrogens (tertiary/aromatic N) is 1. The van der Waals surface area contributed by atoms with E-state index in [1.165, 1.54) is 18.2 Å². The minimum absolute atomic E-state index is 0.278. The summed E-state index contributed by atoms with van der Waals surface area (Å²) < 4.78 is 40.2. The van der Waals surface area contributed by atoms with Crippen molar-refractivity contribution in [1.29, 1.82) is 0 Å². The minimum atomic E-state index is -0.857. The lowest BCUT2D eigenvalue weighted by Crippen LogP contribution is -2.38. The molecular formula is C17H18F3N3. The Morgan fingerprint density at radius 3 is 2.35 bits per heavy atom. The highest BCUT2D eigenvalue weighted by Crippen LogP contribution is 2.11. The molecule has 0 saturated carbocycles. The number of benzene rings is 2. The Hall–Kier alpha value is -2.50. The molecule has 0 radical (unpaired) electrons. The van der Waals surface area contributed by atoms with E-state index in [1.807, 2.05) is 0 Å². The molecule has 0 saturated heterocycles. The normalized spacial score (nSPS) is 11.4. The van der Waals surface area contributed by atoms with E-state index in [0.29, 0.717) is 30.1 Å². The summed E-state index contributed by atoms with van der Waals surface area (Å²) >= 11 is 0. The van der Waals surface area contributed by atoms with Crippen molar-refractivity contribution in [2.45, 2.75) is 13.0 Å². The fourth-order valence-electron chi connectivity index (χ4n) is 2.10. The second kappa shape index (κ2) is 8.22. The van der Waals surface area contributed by atoms with Crippen LogP contribution in [0.1, 0.15) is 11.1 Å². The number of guanidine groups is 1. The molecule has 0 amide bonds. The molecule has 0 atom stereocenters. The molecule has 0 unspecified atom stereocenters. The molecule has 0 spiro atoms. The third-order valence-electron chi connectivity index (χ3n) is 3.35. The van der Waals surface area contributed by atoms with Crippen LogP contribution in [-0.4, -0.2) is 19.6 Å². The highest BCUT2D eigenvalue weighted by molar-refractivity contribution is 5.79. The number of aliphatic imine (C=N–C) groups is 1. The Balaban J connectivity index is 1.84. The van der Waals surface area contributed by atoms with Crippen molar-refractivity contribution in [3.63, 3.8) is 0 Å². The van der Waals surface area contributed by atoms with Crippen LogP contribution in [0.2, 0.25) is 0 Å². The van der Waals surface area contributed by atoms with Crippen molar-refractivity contribution in [2.75, 3.05) is 13.6 Å². The van der Waals surface area contributed by atoms with Crippen molar-refractivity contribution >= 4 is 5.96 Å².